The van der Waals surface area contributed by atoms with E-state index >= 15 is 0 Å². The van der Waals surface area contributed by atoms with Crippen molar-refractivity contribution in [3.05, 3.63) is 66.7 Å². The molecule has 6 heteroatoms. The lowest BCUT2D eigenvalue weighted by Gasteiger charge is -2.06. The number of rotatable bonds is 6. The van der Waals surface area contributed by atoms with Gasteiger partial charge in [-0.15, -0.1) is 0 Å². The number of H-pyrrole nitrogens is 1. The van der Waals surface area contributed by atoms with Gasteiger partial charge in [0.15, 0.2) is 12.4 Å². The van der Waals surface area contributed by atoms with Crippen molar-refractivity contribution >= 4 is 22.6 Å². The summed E-state index contributed by atoms with van der Waals surface area (Å²) < 4.78 is 7.67. The summed E-state index contributed by atoms with van der Waals surface area (Å²) in [6, 6.07) is 21.4. The molecule has 0 bridgehead atoms. The number of fused-ring (bicyclic) bond motifs is 1. The maximum absolute atomic E-state index is 12.1. The molecule has 4 aromatic rings. The molecule has 2 aromatic carbocycles. The summed E-state index contributed by atoms with van der Waals surface area (Å²) >= 11 is 0. The minimum absolute atomic E-state index is 0.0680. The molecule has 4 rings (SSSR count). The molecule has 0 atom stereocenters. The number of amides is 1. The molecule has 2 N–H and O–H groups in total. The van der Waals surface area contributed by atoms with E-state index in [1.165, 1.54) is 10.9 Å². The van der Waals surface area contributed by atoms with Crippen molar-refractivity contribution in [1.29, 1.82) is 0 Å². The third-order valence-corrected chi connectivity index (χ3v) is 4.36. The Balaban J connectivity index is 1.48. The number of hydrogen-bond donors (Lipinski definition) is 2. The van der Waals surface area contributed by atoms with Crippen LogP contribution in [0.25, 0.3) is 22.3 Å². The molecule has 1 amide bonds. The van der Waals surface area contributed by atoms with Gasteiger partial charge in [-0.05, 0) is 31.2 Å². The lowest BCUT2D eigenvalue weighted by atomic mass is 10.2. The van der Waals surface area contributed by atoms with Crippen LogP contribution in [-0.2, 0) is 11.3 Å². The summed E-state index contributed by atoms with van der Waals surface area (Å²) in [6.45, 7) is 2.88. The first-order valence-electron chi connectivity index (χ1n) is 8.86. The number of aryl methyl sites for hydroxylation is 1. The van der Waals surface area contributed by atoms with Crippen LogP contribution in [0, 0.1) is 0 Å². The number of aromatic nitrogens is 3. The van der Waals surface area contributed by atoms with E-state index in [0.717, 1.165) is 17.9 Å². The average molecular weight is 360 g/mol. The van der Waals surface area contributed by atoms with Gasteiger partial charge in [-0.3, -0.25) is 9.89 Å². The number of benzene rings is 2. The van der Waals surface area contributed by atoms with Crippen molar-refractivity contribution in [1.82, 2.24) is 14.8 Å². The molecule has 6 nitrogen and oxygen atoms in total. The van der Waals surface area contributed by atoms with Crippen molar-refractivity contribution in [2.24, 2.45) is 0 Å². The second-order valence-corrected chi connectivity index (χ2v) is 6.15. The molecule has 0 aliphatic carbocycles. The molecule has 136 valence electrons. The van der Waals surface area contributed by atoms with E-state index in [-0.39, 0.29) is 12.5 Å². The largest absolute Gasteiger partial charge is 0.484 e. The predicted octanol–water partition coefficient (Wildman–Crippen LogP) is 4.07. The van der Waals surface area contributed by atoms with Crippen molar-refractivity contribution in [2.45, 2.75) is 13.5 Å². The first-order chi connectivity index (χ1) is 13.2. The number of carbonyl (C=O) groups excluding carboxylic acids is 1. The van der Waals surface area contributed by atoms with E-state index < -0.39 is 0 Å². The van der Waals surface area contributed by atoms with Crippen LogP contribution in [0.5, 0.6) is 5.75 Å². The minimum atomic E-state index is -0.257. The van der Waals surface area contributed by atoms with Gasteiger partial charge in [0.25, 0.3) is 5.91 Å². The van der Waals surface area contributed by atoms with Crippen molar-refractivity contribution in [2.75, 3.05) is 11.9 Å². The van der Waals surface area contributed by atoms with E-state index in [1.807, 2.05) is 48.5 Å². The number of carbonyl (C=O) groups is 1. The van der Waals surface area contributed by atoms with E-state index in [9.17, 15) is 4.79 Å². The van der Waals surface area contributed by atoms with Crippen LogP contribution < -0.4 is 10.1 Å². The zero-order chi connectivity index (χ0) is 18.6. The van der Waals surface area contributed by atoms with Gasteiger partial charge >= 0.3 is 0 Å². The maximum Gasteiger partial charge on any atom is 0.263 e. The van der Waals surface area contributed by atoms with Gasteiger partial charge in [0.2, 0.25) is 0 Å². The molecule has 0 aliphatic rings. The van der Waals surface area contributed by atoms with E-state index in [4.69, 9.17) is 4.74 Å². The van der Waals surface area contributed by atoms with E-state index in [0.29, 0.717) is 11.6 Å². The monoisotopic (exact) mass is 360 g/mol. The summed E-state index contributed by atoms with van der Waals surface area (Å²) in [5.74, 6) is 0.871. The molecule has 2 heterocycles. The number of hydrogen-bond acceptors (Lipinski definition) is 3. The fraction of sp³-hybridized carbons (Fsp3) is 0.143. The Hall–Kier alpha value is -3.54. The Morgan fingerprint density at radius 2 is 1.89 bits per heavy atom. The summed E-state index contributed by atoms with van der Waals surface area (Å²) in [4.78, 5) is 12.1. The number of nitrogens with zero attached hydrogens (tertiary/aromatic N) is 2. The molecule has 2 aromatic heterocycles. The van der Waals surface area contributed by atoms with Crippen molar-refractivity contribution in [3.63, 3.8) is 0 Å². The highest BCUT2D eigenvalue weighted by atomic mass is 16.5. The predicted molar refractivity (Wildman–Crippen MR) is 106 cm³/mol. The van der Waals surface area contributed by atoms with Crippen molar-refractivity contribution < 1.29 is 9.53 Å². The third kappa shape index (κ3) is 3.55. The SMILES string of the molecule is CCn1c(-c2cc(NC(=O)COc3ccccc3)n[nH]2)cc2ccccc21. The summed E-state index contributed by atoms with van der Waals surface area (Å²) in [7, 11) is 0. The highest BCUT2D eigenvalue weighted by Crippen LogP contribution is 2.28. The maximum atomic E-state index is 12.1. The van der Waals surface area contributed by atoms with Crippen LogP contribution >= 0.6 is 0 Å². The van der Waals surface area contributed by atoms with Gasteiger partial charge in [-0.1, -0.05) is 36.4 Å². The fourth-order valence-electron chi connectivity index (χ4n) is 3.14. The molecule has 0 saturated carbocycles. The highest BCUT2D eigenvalue weighted by Gasteiger charge is 2.13. The number of ether oxygens (including phenoxy) is 1. The van der Waals surface area contributed by atoms with Gasteiger partial charge < -0.3 is 14.6 Å². The summed E-state index contributed by atoms with van der Waals surface area (Å²) in [5, 5.41) is 11.1. The van der Waals surface area contributed by atoms with Crippen molar-refractivity contribution in [3.8, 4) is 17.1 Å². The van der Waals surface area contributed by atoms with E-state index in [1.54, 1.807) is 0 Å². The Bertz CT molecular complexity index is 1070. The molecule has 27 heavy (non-hydrogen) atoms. The molecule has 0 radical (unpaired) electrons. The Kier molecular flexibility index (Phi) is 4.61. The van der Waals surface area contributed by atoms with Gasteiger partial charge in [0, 0.05) is 23.5 Å². The number of para-hydroxylation sites is 2. The summed E-state index contributed by atoms with van der Waals surface area (Å²) in [5.41, 5.74) is 3.06. The zero-order valence-corrected chi connectivity index (χ0v) is 15.0. The Labute approximate surface area is 156 Å². The van der Waals surface area contributed by atoms with Crippen LogP contribution in [-0.4, -0.2) is 27.3 Å². The molecule has 0 fully saturated rings. The van der Waals surface area contributed by atoms with Crippen LogP contribution in [0.15, 0.2) is 66.7 Å². The second-order valence-electron chi connectivity index (χ2n) is 6.15. The number of nitrogens with one attached hydrogen (secondary N) is 2. The molecule has 0 aliphatic heterocycles. The summed E-state index contributed by atoms with van der Waals surface area (Å²) in [6.07, 6.45) is 0. The first kappa shape index (κ1) is 16.9. The average Bonchev–Trinajstić information content (AvgIpc) is 3.31. The van der Waals surface area contributed by atoms with Gasteiger partial charge in [0.05, 0.1) is 11.4 Å². The van der Waals surface area contributed by atoms with Gasteiger partial charge in [-0.25, -0.2) is 0 Å². The smallest absolute Gasteiger partial charge is 0.263 e. The van der Waals surface area contributed by atoms with Gasteiger partial charge in [-0.2, -0.15) is 5.10 Å². The quantitative estimate of drug-likeness (QED) is 0.544. The number of anilines is 1. The van der Waals surface area contributed by atoms with E-state index in [2.05, 4.69) is 45.2 Å². The fourth-order valence-corrected chi connectivity index (χ4v) is 3.14. The zero-order valence-electron chi connectivity index (χ0n) is 15.0. The molecular formula is C21H20N4O2. The van der Waals surface area contributed by atoms with Crippen LogP contribution in [0.4, 0.5) is 5.82 Å². The molecule has 0 unspecified atom stereocenters. The van der Waals surface area contributed by atoms with Crippen LogP contribution in [0.2, 0.25) is 0 Å². The second kappa shape index (κ2) is 7.37. The Morgan fingerprint density at radius 3 is 2.70 bits per heavy atom. The first-order valence-corrected chi connectivity index (χ1v) is 8.86. The van der Waals surface area contributed by atoms with Crippen LogP contribution in [0.1, 0.15) is 6.92 Å². The highest BCUT2D eigenvalue weighted by molar-refractivity contribution is 5.92. The Morgan fingerprint density at radius 1 is 1.11 bits per heavy atom. The molecule has 0 saturated heterocycles. The third-order valence-electron chi connectivity index (χ3n) is 4.36. The lowest BCUT2D eigenvalue weighted by molar-refractivity contribution is -0.118. The molecular weight excluding hydrogens is 340 g/mol. The lowest BCUT2D eigenvalue weighted by Crippen LogP contribution is -2.20. The van der Waals surface area contributed by atoms with Crippen LogP contribution in [0.3, 0.4) is 0 Å². The van der Waals surface area contributed by atoms with Gasteiger partial charge in [0.1, 0.15) is 5.75 Å². The number of aromatic amines is 1. The topological polar surface area (TPSA) is 71.9 Å². The minimum Gasteiger partial charge on any atom is -0.484 e. The standard InChI is InChI=1S/C21H20N4O2/c1-2-25-18-11-7-6-8-15(18)12-19(25)17-13-20(24-23-17)22-21(26)14-27-16-9-4-3-5-10-16/h3-13H,2,14H2,1H3,(H2,22,23,24,26). The molecule has 0 spiro atoms. The normalized spacial score (nSPS) is 10.9.